The van der Waals surface area contributed by atoms with Gasteiger partial charge in [0.1, 0.15) is 6.04 Å². The summed E-state index contributed by atoms with van der Waals surface area (Å²) in [6.45, 7) is 2.44. The fourth-order valence-corrected chi connectivity index (χ4v) is 3.63. The average Bonchev–Trinajstić information content (AvgIpc) is 2.88. The molecule has 0 aliphatic carbocycles. The average molecular weight is 387 g/mol. The van der Waals surface area contributed by atoms with E-state index < -0.39 is 6.04 Å². The van der Waals surface area contributed by atoms with E-state index in [1.165, 1.54) is 0 Å². The first-order valence-corrected chi connectivity index (χ1v) is 8.74. The van der Waals surface area contributed by atoms with Gasteiger partial charge in [-0.25, -0.2) is 0 Å². The van der Waals surface area contributed by atoms with Gasteiger partial charge in [-0.05, 0) is 42.7 Å². The number of rotatable bonds is 4. The van der Waals surface area contributed by atoms with Crippen LogP contribution in [0.1, 0.15) is 24.0 Å². The molecule has 0 aromatic heterocycles. The minimum atomic E-state index is -0.419. The maximum atomic E-state index is 12.7. The zero-order valence-electron chi connectivity index (χ0n) is 13.5. The number of hydrogen-bond acceptors (Lipinski definition) is 2. The van der Waals surface area contributed by atoms with E-state index in [1.807, 2.05) is 55.5 Å². The summed E-state index contributed by atoms with van der Waals surface area (Å²) in [6, 6.07) is 15.1. The molecule has 124 valence electrons. The van der Waals surface area contributed by atoms with Gasteiger partial charge in [0.05, 0.1) is 0 Å². The molecule has 1 aliphatic heterocycles. The molecular formula is C19H19BrN2O2. The Morgan fingerprint density at radius 1 is 1.25 bits per heavy atom. The molecule has 2 amide bonds. The number of anilines is 1. The highest BCUT2D eigenvalue weighted by Gasteiger charge is 2.35. The number of nitrogens with zero attached hydrogens (tertiary/aromatic N) is 1. The van der Waals surface area contributed by atoms with E-state index in [1.54, 1.807) is 4.90 Å². The van der Waals surface area contributed by atoms with E-state index in [4.69, 9.17) is 0 Å². The molecule has 1 fully saturated rings. The van der Waals surface area contributed by atoms with E-state index in [0.717, 1.165) is 21.3 Å². The lowest BCUT2D eigenvalue weighted by molar-refractivity contribution is -0.133. The predicted octanol–water partition coefficient (Wildman–Crippen LogP) is 3.89. The standard InChI is InChI=1S/C19H19BrN2O2/c1-13-9-15(20)11-16(10-13)21-19(24)17-7-8-18(23)22(17)12-14-5-3-2-4-6-14/h2-6,9-11,17H,7-8,12H2,1H3,(H,21,24). The maximum absolute atomic E-state index is 12.7. The van der Waals surface area contributed by atoms with Crippen LogP contribution in [0.4, 0.5) is 5.69 Å². The summed E-state index contributed by atoms with van der Waals surface area (Å²) in [6.07, 6.45) is 0.979. The third-order valence-corrected chi connectivity index (χ3v) is 4.59. The first-order chi connectivity index (χ1) is 11.5. The van der Waals surface area contributed by atoms with Crippen LogP contribution in [-0.4, -0.2) is 22.8 Å². The van der Waals surface area contributed by atoms with Crippen LogP contribution in [-0.2, 0) is 16.1 Å². The molecule has 1 aliphatic rings. The Kier molecular flexibility index (Phi) is 5.00. The molecule has 0 radical (unpaired) electrons. The molecule has 1 saturated heterocycles. The molecule has 4 nitrogen and oxygen atoms in total. The molecule has 1 atom stereocenters. The largest absolute Gasteiger partial charge is 0.326 e. The van der Waals surface area contributed by atoms with Crippen molar-refractivity contribution in [3.8, 4) is 0 Å². The Morgan fingerprint density at radius 3 is 2.71 bits per heavy atom. The van der Waals surface area contributed by atoms with Gasteiger partial charge in [-0.1, -0.05) is 46.3 Å². The van der Waals surface area contributed by atoms with Crippen LogP contribution in [0.5, 0.6) is 0 Å². The number of nitrogens with one attached hydrogen (secondary N) is 1. The van der Waals surface area contributed by atoms with Crippen LogP contribution in [0.25, 0.3) is 0 Å². The van der Waals surface area contributed by atoms with Gasteiger partial charge in [0.15, 0.2) is 0 Å². The predicted molar refractivity (Wildman–Crippen MR) is 97.5 cm³/mol. The van der Waals surface area contributed by atoms with Gasteiger partial charge in [-0.15, -0.1) is 0 Å². The summed E-state index contributed by atoms with van der Waals surface area (Å²) in [5.41, 5.74) is 2.83. The molecule has 24 heavy (non-hydrogen) atoms. The lowest BCUT2D eigenvalue weighted by Gasteiger charge is -2.24. The monoisotopic (exact) mass is 386 g/mol. The number of carbonyl (C=O) groups is 2. The minimum absolute atomic E-state index is 0.0319. The van der Waals surface area contributed by atoms with Crippen molar-refractivity contribution >= 4 is 33.4 Å². The lowest BCUT2D eigenvalue weighted by Crippen LogP contribution is -2.41. The number of amides is 2. The van der Waals surface area contributed by atoms with Crippen molar-refractivity contribution < 1.29 is 9.59 Å². The minimum Gasteiger partial charge on any atom is -0.326 e. The normalized spacial score (nSPS) is 17.2. The second-order valence-electron chi connectivity index (χ2n) is 6.07. The summed E-state index contributed by atoms with van der Waals surface area (Å²) >= 11 is 3.44. The van der Waals surface area contributed by atoms with Gasteiger partial charge in [0.2, 0.25) is 11.8 Å². The molecule has 1 heterocycles. The van der Waals surface area contributed by atoms with E-state index >= 15 is 0 Å². The van der Waals surface area contributed by atoms with Crippen molar-refractivity contribution in [1.82, 2.24) is 4.90 Å². The van der Waals surface area contributed by atoms with Crippen LogP contribution in [0, 0.1) is 6.92 Å². The first kappa shape index (κ1) is 16.7. The SMILES string of the molecule is Cc1cc(Br)cc(NC(=O)C2CCC(=O)N2Cc2ccccc2)c1. The topological polar surface area (TPSA) is 49.4 Å². The van der Waals surface area contributed by atoms with Gasteiger partial charge in [-0.3, -0.25) is 9.59 Å². The van der Waals surface area contributed by atoms with Gasteiger partial charge in [0.25, 0.3) is 0 Å². The third-order valence-electron chi connectivity index (χ3n) is 4.14. The van der Waals surface area contributed by atoms with Crippen molar-refractivity contribution in [3.05, 3.63) is 64.1 Å². The molecule has 2 aromatic rings. The Balaban J connectivity index is 1.74. The van der Waals surface area contributed by atoms with Crippen LogP contribution >= 0.6 is 15.9 Å². The fourth-order valence-electron chi connectivity index (χ4n) is 3.02. The molecule has 0 bridgehead atoms. The van der Waals surface area contributed by atoms with Gasteiger partial charge in [-0.2, -0.15) is 0 Å². The van der Waals surface area contributed by atoms with Crippen LogP contribution in [0.2, 0.25) is 0 Å². The molecule has 3 rings (SSSR count). The molecular weight excluding hydrogens is 368 g/mol. The van der Waals surface area contributed by atoms with E-state index in [-0.39, 0.29) is 11.8 Å². The summed E-state index contributed by atoms with van der Waals surface area (Å²) < 4.78 is 0.918. The number of likely N-dealkylation sites (tertiary alicyclic amines) is 1. The highest BCUT2D eigenvalue weighted by Crippen LogP contribution is 2.24. The van der Waals surface area contributed by atoms with Crippen molar-refractivity contribution in [3.63, 3.8) is 0 Å². The highest BCUT2D eigenvalue weighted by atomic mass is 79.9. The third kappa shape index (κ3) is 3.85. The van der Waals surface area contributed by atoms with E-state index in [0.29, 0.717) is 19.4 Å². The first-order valence-electron chi connectivity index (χ1n) is 7.94. The number of benzene rings is 2. The Hall–Kier alpha value is -2.14. The summed E-state index contributed by atoms with van der Waals surface area (Å²) in [5, 5.41) is 2.94. The number of hydrogen-bond donors (Lipinski definition) is 1. The second kappa shape index (κ2) is 7.18. The second-order valence-corrected chi connectivity index (χ2v) is 6.98. The van der Waals surface area contributed by atoms with Crippen LogP contribution in [0.15, 0.2) is 53.0 Å². The summed E-state index contributed by atoms with van der Waals surface area (Å²) in [5.74, 6) is -0.0984. The molecule has 5 heteroatoms. The highest BCUT2D eigenvalue weighted by molar-refractivity contribution is 9.10. The summed E-state index contributed by atoms with van der Waals surface area (Å²) in [7, 11) is 0. The smallest absolute Gasteiger partial charge is 0.247 e. The van der Waals surface area contributed by atoms with E-state index in [9.17, 15) is 9.59 Å². The van der Waals surface area contributed by atoms with Gasteiger partial charge >= 0.3 is 0 Å². The van der Waals surface area contributed by atoms with Crippen molar-refractivity contribution in [1.29, 1.82) is 0 Å². The molecule has 2 aromatic carbocycles. The fraction of sp³-hybridized carbons (Fsp3) is 0.263. The van der Waals surface area contributed by atoms with Crippen LogP contribution < -0.4 is 5.32 Å². The molecule has 1 N–H and O–H groups in total. The number of carbonyl (C=O) groups excluding carboxylic acids is 2. The summed E-state index contributed by atoms with van der Waals surface area (Å²) in [4.78, 5) is 26.5. The molecule has 1 unspecified atom stereocenters. The van der Waals surface area contributed by atoms with E-state index in [2.05, 4.69) is 21.2 Å². The number of aryl methyl sites for hydroxylation is 1. The van der Waals surface area contributed by atoms with Crippen molar-refractivity contribution in [2.24, 2.45) is 0 Å². The number of halogens is 1. The zero-order chi connectivity index (χ0) is 17.1. The Bertz CT molecular complexity index is 741. The zero-order valence-corrected chi connectivity index (χ0v) is 15.0. The molecule has 0 saturated carbocycles. The van der Waals surface area contributed by atoms with Crippen LogP contribution in [0.3, 0.4) is 0 Å². The Morgan fingerprint density at radius 2 is 2.00 bits per heavy atom. The van der Waals surface area contributed by atoms with Crippen molar-refractivity contribution in [2.75, 3.05) is 5.32 Å². The lowest BCUT2D eigenvalue weighted by atomic mass is 10.1. The Labute approximate surface area is 150 Å². The van der Waals surface area contributed by atoms with Gasteiger partial charge in [0, 0.05) is 23.1 Å². The quantitative estimate of drug-likeness (QED) is 0.866. The van der Waals surface area contributed by atoms with Crippen molar-refractivity contribution in [2.45, 2.75) is 32.4 Å². The maximum Gasteiger partial charge on any atom is 0.247 e. The molecule has 0 spiro atoms. The van der Waals surface area contributed by atoms with Gasteiger partial charge < -0.3 is 10.2 Å².